The van der Waals surface area contributed by atoms with Crippen LogP contribution in [0.4, 0.5) is 0 Å². The summed E-state index contributed by atoms with van der Waals surface area (Å²) >= 11 is 0. The Kier molecular flexibility index (Phi) is 5.66. The van der Waals surface area contributed by atoms with E-state index in [0.717, 1.165) is 25.9 Å². The van der Waals surface area contributed by atoms with Crippen LogP contribution >= 0.6 is 0 Å². The van der Waals surface area contributed by atoms with Gasteiger partial charge in [0.2, 0.25) is 5.91 Å². The van der Waals surface area contributed by atoms with E-state index in [1.54, 1.807) is 6.92 Å². The highest BCUT2D eigenvalue weighted by atomic mass is 16.2. The summed E-state index contributed by atoms with van der Waals surface area (Å²) in [6.45, 7) is 8.94. The van der Waals surface area contributed by atoms with Crippen molar-refractivity contribution in [2.45, 2.75) is 47.1 Å². The average molecular weight is 266 g/mol. The topological polar surface area (TPSA) is 68.1 Å². The van der Waals surface area contributed by atoms with Crippen LogP contribution in [0.5, 0.6) is 0 Å². The van der Waals surface area contributed by atoms with E-state index in [9.17, 15) is 9.59 Å². The molecule has 0 fully saturated rings. The fourth-order valence-corrected chi connectivity index (χ4v) is 1.96. The summed E-state index contributed by atoms with van der Waals surface area (Å²) in [6, 6.07) is 0. The normalized spacial score (nSPS) is 10.5. The van der Waals surface area contributed by atoms with E-state index in [0.29, 0.717) is 11.4 Å². The van der Waals surface area contributed by atoms with Gasteiger partial charge in [-0.05, 0) is 19.8 Å². The molecular formula is C13H22N4O2. The fourth-order valence-electron chi connectivity index (χ4n) is 1.96. The van der Waals surface area contributed by atoms with Gasteiger partial charge in [-0.1, -0.05) is 19.1 Å². The first-order valence-electron chi connectivity index (χ1n) is 6.70. The Bertz CT molecular complexity index is 447. The van der Waals surface area contributed by atoms with Gasteiger partial charge in [-0.15, -0.1) is 5.10 Å². The van der Waals surface area contributed by atoms with Crippen molar-refractivity contribution in [2.24, 2.45) is 0 Å². The minimum atomic E-state index is -0.129. The largest absolute Gasteiger partial charge is 0.341 e. The zero-order valence-corrected chi connectivity index (χ0v) is 12.1. The fraction of sp³-hybridized carbons (Fsp3) is 0.692. The molecule has 106 valence electrons. The Morgan fingerprint density at radius 1 is 1.21 bits per heavy atom. The Morgan fingerprint density at radius 2 is 1.79 bits per heavy atom. The van der Waals surface area contributed by atoms with Crippen LogP contribution in [0, 0.1) is 6.92 Å². The second-order valence-electron chi connectivity index (χ2n) is 4.62. The van der Waals surface area contributed by atoms with Gasteiger partial charge in [0.25, 0.3) is 0 Å². The monoisotopic (exact) mass is 266 g/mol. The molecule has 0 aliphatic heterocycles. The zero-order chi connectivity index (χ0) is 14.4. The quantitative estimate of drug-likeness (QED) is 0.700. The van der Waals surface area contributed by atoms with Crippen molar-refractivity contribution in [3.05, 3.63) is 11.4 Å². The summed E-state index contributed by atoms with van der Waals surface area (Å²) in [6.07, 6.45) is 1.86. The number of carbonyl (C=O) groups is 2. The van der Waals surface area contributed by atoms with Crippen molar-refractivity contribution in [2.75, 3.05) is 13.1 Å². The summed E-state index contributed by atoms with van der Waals surface area (Å²) in [4.78, 5) is 25.3. The molecule has 1 aromatic rings. The van der Waals surface area contributed by atoms with Crippen LogP contribution in [0.3, 0.4) is 0 Å². The molecule has 1 amide bonds. The molecule has 0 unspecified atom stereocenters. The molecule has 1 rings (SSSR count). The number of Topliss-reactive ketones (excluding diaryl/α,β-unsaturated/α-hetero) is 1. The molecule has 19 heavy (non-hydrogen) atoms. The van der Waals surface area contributed by atoms with Crippen molar-refractivity contribution >= 4 is 11.7 Å². The Balaban J connectivity index is 2.77. The average Bonchev–Trinajstić information content (AvgIpc) is 2.71. The van der Waals surface area contributed by atoms with Crippen molar-refractivity contribution in [1.29, 1.82) is 0 Å². The lowest BCUT2D eigenvalue weighted by Crippen LogP contribution is -2.35. The van der Waals surface area contributed by atoms with Gasteiger partial charge in [-0.25, -0.2) is 4.68 Å². The Morgan fingerprint density at radius 3 is 2.21 bits per heavy atom. The number of rotatable bonds is 7. The number of ketones is 1. The lowest BCUT2D eigenvalue weighted by atomic mass is 10.2. The van der Waals surface area contributed by atoms with E-state index in [-0.39, 0.29) is 18.2 Å². The van der Waals surface area contributed by atoms with E-state index < -0.39 is 0 Å². The lowest BCUT2D eigenvalue weighted by Gasteiger charge is -2.21. The van der Waals surface area contributed by atoms with E-state index >= 15 is 0 Å². The highest BCUT2D eigenvalue weighted by Crippen LogP contribution is 2.06. The highest BCUT2D eigenvalue weighted by Gasteiger charge is 2.17. The van der Waals surface area contributed by atoms with Crippen LogP contribution in [-0.4, -0.2) is 44.7 Å². The zero-order valence-electron chi connectivity index (χ0n) is 12.1. The van der Waals surface area contributed by atoms with Crippen molar-refractivity contribution in [3.8, 4) is 0 Å². The molecule has 0 atom stereocenters. The van der Waals surface area contributed by atoms with Crippen LogP contribution in [0.1, 0.15) is 49.8 Å². The molecule has 1 heterocycles. The molecule has 0 radical (unpaired) electrons. The van der Waals surface area contributed by atoms with Crippen LogP contribution in [-0.2, 0) is 11.3 Å². The van der Waals surface area contributed by atoms with Gasteiger partial charge in [0.05, 0.1) is 5.69 Å². The van der Waals surface area contributed by atoms with Gasteiger partial charge in [0.1, 0.15) is 6.54 Å². The van der Waals surface area contributed by atoms with Gasteiger partial charge in [-0.2, -0.15) is 0 Å². The molecule has 0 N–H and O–H groups in total. The molecule has 0 bridgehead atoms. The van der Waals surface area contributed by atoms with Crippen molar-refractivity contribution in [3.63, 3.8) is 0 Å². The number of hydrogen-bond acceptors (Lipinski definition) is 4. The maximum atomic E-state index is 12.2. The smallest absolute Gasteiger partial charge is 0.244 e. The predicted octanol–water partition coefficient (Wildman–Crippen LogP) is 1.44. The van der Waals surface area contributed by atoms with Crippen LogP contribution in [0.2, 0.25) is 0 Å². The van der Waals surface area contributed by atoms with E-state index in [1.165, 1.54) is 11.6 Å². The number of aromatic nitrogens is 3. The van der Waals surface area contributed by atoms with Gasteiger partial charge in [-0.3, -0.25) is 9.59 Å². The van der Waals surface area contributed by atoms with Crippen LogP contribution in [0.25, 0.3) is 0 Å². The SMILES string of the molecule is CCCN(CCC)C(=O)Cn1nnc(C(C)=O)c1C. The summed E-state index contributed by atoms with van der Waals surface area (Å²) in [5.74, 6) is -0.109. The predicted molar refractivity (Wildman–Crippen MR) is 71.9 cm³/mol. The number of amides is 1. The van der Waals surface area contributed by atoms with Gasteiger partial charge < -0.3 is 4.90 Å². The second kappa shape index (κ2) is 7.01. The minimum Gasteiger partial charge on any atom is -0.341 e. The molecule has 6 heteroatoms. The lowest BCUT2D eigenvalue weighted by molar-refractivity contribution is -0.132. The minimum absolute atomic E-state index is 0.0202. The van der Waals surface area contributed by atoms with Gasteiger partial charge in [0.15, 0.2) is 11.5 Å². The molecule has 0 saturated carbocycles. The van der Waals surface area contributed by atoms with Crippen molar-refractivity contribution in [1.82, 2.24) is 19.9 Å². The van der Waals surface area contributed by atoms with E-state index in [2.05, 4.69) is 10.3 Å². The molecule has 0 saturated heterocycles. The summed E-state index contributed by atoms with van der Waals surface area (Å²) in [5, 5.41) is 7.69. The number of nitrogens with zero attached hydrogens (tertiary/aromatic N) is 4. The maximum Gasteiger partial charge on any atom is 0.244 e. The van der Waals surface area contributed by atoms with Gasteiger partial charge in [0, 0.05) is 20.0 Å². The third-order valence-electron chi connectivity index (χ3n) is 2.94. The second-order valence-corrected chi connectivity index (χ2v) is 4.62. The third-order valence-corrected chi connectivity index (χ3v) is 2.94. The summed E-state index contributed by atoms with van der Waals surface area (Å²) in [7, 11) is 0. The third kappa shape index (κ3) is 3.87. The molecular weight excluding hydrogens is 244 g/mol. The molecule has 6 nitrogen and oxygen atoms in total. The highest BCUT2D eigenvalue weighted by molar-refractivity contribution is 5.93. The Hall–Kier alpha value is -1.72. The molecule has 0 aromatic carbocycles. The van der Waals surface area contributed by atoms with Crippen LogP contribution < -0.4 is 0 Å². The number of carbonyl (C=O) groups excluding carboxylic acids is 2. The first kappa shape index (κ1) is 15.3. The summed E-state index contributed by atoms with van der Waals surface area (Å²) in [5.41, 5.74) is 0.985. The molecule has 1 aromatic heterocycles. The standard InChI is InChI=1S/C13H22N4O2/c1-5-7-16(8-6-2)12(19)9-17-10(3)13(11(4)18)14-15-17/h5-9H2,1-4H3. The molecule has 0 spiro atoms. The Labute approximate surface area is 113 Å². The van der Waals surface area contributed by atoms with E-state index in [4.69, 9.17) is 0 Å². The number of hydrogen-bond donors (Lipinski definition) is 0. The maximum absolute atomic E-state index is 12.2. The first-order chi connectivity index (χ1) is 9.01. The molecule has 0 aliphatic carbocycles. The van der Waals surface area contributed by atoms with Crippen LogP contribution in [0.15, 0.2) is 0 Å². The van der Waals surface area contributed by atoms with Crippen molar-refractivity contribution < 1.29 is 9.59 Å². The van der Waals surface area contributed by atoms with E-state index in [1.807, 2.05) is 18.7 Å². The summed E-state index contributed by atoms with van der Waals surface area (Å²) < 4.78 is 1.50. The van der Waals surface area contributed by atoms with Gasteiger partial charge >= 0.3 is 0 Å². The molecule has 0 aliphatic rings. The first-order valence-corrected chi connectivity index (χ1v) is 6.70.